The van der Waals surface area contributed by atoms with E-state index in [4.69, 9.17) is 9.47 Å². The van der Waals surface area contributed by atoms with E-state index in [0.717, 1.165) is 110 Å². The molecule has 1 N–H and O–H groups in total. The van der Waals surface area contributed by atoms with E-state index in [9.17, 15) is 9.59 Å². The third-order valence-corrected chi connectivity index (χ3v) is 10.6. The summed E-state index contributed by atoms with van der Waals surface area (Å²) in [6, 6.07) is 0. The summed E-state index contributed by atoms with van der Waals surface area (Å²) < 4.78 is 11.8. The topological polar surface area (TPSA) is 67.9 Å². The smallest absolute Gasteiger partial charge is 0.308 e. The number of allylic oxidation sites excluding steroid dienone is 1. The third-order valence-electron chi connectivity index (χ3n) is 10.6. The number of carbonyl (C=O) groups excluding carboxylic acids is 2. The van der Waals surface area contributed by atoms with Crippen molar-refractivity contribution in [1.82, 2.24) is 10.2 Å². The Balaban J connectivity index is 4.71. The molecule has 0 radical (unpaired) electrons. The minimum absolute atomic E-state index is 0.0432. The summed E-state index contributed by atoms with van der Waals surface area (Å²) in [5, 5.41) is 3.36. The van der Waals surface area contributed by atoms with Crippen molar-refractivity contribution in [2.24, 2.45) is 11.8 Å². The molecule has 0 spiro atoms. The van der Waals surface area contributed by atoms with Gasteiger partial charge in [0.2, 0.25) is 0 Å². The molecule has 0 saturated heterocycles. The summed E-state index contributed by atoms with van der Waals surface area (Å²) in [6.45, 7) is 16.1. The van der Waals surface area contributed by atoms with Gasteiger partial charge in [0.05, 0.1) is 25.0 Å². The van der Waals surface area contributed by atoms with Gasteiger partial charge >= 0.3 is 11.9 Å². The molecule has 0 bridgehead atoms. The van der Waals surface area contributed by atoms with Crippen molar-refractivity contribution in [3.63, 3.8) is 0 Å². The van der Waals surface area contributed by atoms with E-state index in [2.05, 4.69) is 37.9 Å². The predicted molar refractivity (Wildman–Crippen MR) is 225 cm³/mol. The molecule has 0 aromatic rings. The van der Waals surface area contributed by atoms with Gasteiger partial charge in [-0.15, -0.1) is 0 Å². The van der Waals surface area contributed by atoms with Crippen LogP contribution in [0.15, 0.2) is 12.3 Å². The van der Waals surface area contributed by atoms with E-state index in [1.807, 2.05) is 19.2 Å². The fraction of sp³-hybridized carbons (Fsp3) is 0.913. The van der Waals surface area contributed by atoms with Gasteiger partial charge in [-0.3, -0.25) is 9.59 Å². The summed E-state index contributed by atoms with van der Waals surface area (Å²) in [6.07, 6.45) is 37.8. The van der Waals surface area contributed by atoms with E-state index in [1.54, 1.807) is 0 Å². The van der Waals surface area contributed by atoms with E-state index >= 15 is 0 Å². The summed E-state index contributed by atoms with van der Waals surface area (Å²) in [5.74, 6) is 0.235. The summed E-state index contributed by atoms with van der Waals surface area (Å²) in [4.78, 5) is 28.7. The highest BCUT2D eigenvalue weighted by Crippen LogP contribution is 2.22. The standard InChI is InChI=1S/C46H90N2O4/c1-6-11-15-19-21-25-34-43(32-23-17-13-8-3)45(49)51-41-29-27-38-48(40-31-37-47-36-10-5)39-28-30-42-52-46(50)44(33-24-18-14-9-4)35-26-22-20-16-12-7-2/h10,36,43-44,47H,6-9,11-35,37-42H2,1-5H3/b36-10-. The average Bonchev–Trinajstić information content (AvgIpc) is 3.15. The van der Waals surface area contributed by atoms with E-state index in [1.165, 1.54) is 103 Å². The Morgan fingerprint density at radius 3 is 1.21 bits per heavy atom. The van der Waals surface area contributed by atoms with Crippen LogP contribution in [0.1, 0.15) is 221 Å². The van der Waals surface area contributed by atoms with Crippen molar-refractivity contribution in [2.75, 3.05) is 39.4 Å². The Bertz CT molecular complexity index is 734. The first kappa shape index (κ1) is 50.4. The van der Waals surface area contributed by atoms with Crippen LogP contribution in [-0.4, -0.2) is 56.2 Å². The summed E-state index contributed by atoms with van der Waals surface area (Å²) >= 11 is 0. The maximum absolute atomic E-state index is 13.1. The first-order chi connectivity index (χ1) is 25.5. The molecule has 2 unspecified atom stereocenters. The molecule has 0 aliphatic carbocycles. The zero-order chi connectivity index (χ0) is 38.2. The second-order valence-corrected chi connectivity index (χ2v) is 15.6. The fourth-order valence-corrected chi connectivity index (χ4v) is 7.13. The molecule has 2 atom stereocenters. The van der Waals surface area contributed by atoms with Gasteiger partial charge in [0, 0.05) is 6.54 Å². The number of nitrogens with zero attached hydrogens (tertiary/aromatic N) is 1. The Hall–Kier alpha value is -1.56. The highest BCUT2D eigenvalue weighted by atomic mass is 16.5. The van der Waals surface area contributed by atoms with Crippen LogP contribution in [-0.2, 0) is 19.1 Å². The number of hydrogen-bond acceptors (Lipinski definition) is 6. The second-order valence-electron chi connectivity index (χ2n) is 15.6. The van der Waals surface area contributed by atoms with Crippen molar-refractivity contribution in [2.45, 2.75) is 221 Å². The van der Waals surface area contributed by atoms with Crippen LogP contribution in [0.4, 0.5) is 0 Å². The molecule has 0 rings (SSSR count). The van der Waals surface area contributed by atoms with Gasteiger partial charge in [-0.2, -0.15) is 0 Å². The van der Waals surface area contributed by atoms with E-state index in [-0.39, 0.29) is 23.8 Å². The Morgan fingerprint density at radius 1 is 0.481 bits per heavy atom. The highest BCUT2D eigenvalue weighted by Gasteiger charge is 2.20. The normalized spacial score (nSPS) is 12.8. The lowest BCUT2D eigenvalue weighted by Gasteiger charge is -2.23. The van der Waals surface area contributed by atoms with Crippen molar-refractivity contribution >= 4 is 11.9 Å². The lowest BCUT2D eigenvalue weighted by Crippen LogP contribution is -2.29. The van der Waals surface area contributed by atoms with Gasteiger partial charge in [-0.05, 0) is 90.5 Å². The van der Waals surface area contributed by atoms with Crippen molar-refractivity contribution < 1.29 is 19.1 Å². The van der Waals surface area contributed by atoms with E-state index in [0.29, 0.717) is 13.2 Å². The van der Waals surface area contributed by atoms with Crippen LogP contribution in [0.2, 0.25) is 0 Å². The molecule has 52 heavy (non-hydrogen) atoms. The average molecular weight is 735 g/mol. The fourth-order valence-electron chi connectivity index (χ4n) is 7.13. The third kappa shape index (κ3) is 33.0. The number of ether oxygens (including phenoxy) is 2. The largest absolute Gasteiger partial charge is 0.465 e. The second kappa shape index (κ2) is 40.6. The molecular formula is C46H90N2O4. The SMILES string of the molecule is C/C=C\NCCCN(CCCCOC(=O)C(CCCCCC)CCCCCCCC)CCCCOC(=O)C(CCCCCC)CCCCCCCC. The molecule has 0 aliphatic rings. The minimum atomic E-state index is 0.0432. The monoisotopic (exact) mass is 735 g/mol. The molecule has 0 amide bonds. The van der Waals surface area contributed by atoms with Gasteiger partial charge in [0.15, 0.2) is 0 Å². The van der Waals surface area contributed by atoms with Gasteiger partial charge < -0.3 is 19.7 Å². The number of rotatable bonds is 41. The van der Waals surface area contributed by atoms with Crippen LogP contribution in [0.25, 0.3) is 0 Å². The maximum atomic E-state index is 13.1. The molecular weight excluding hydrogens is 645 g/mol. The molecule has 6 nitrogen and oxygen atoms in total. The zero-order valence-corrected chi connectivity index (χ0v) is 35.6. The minimum Gasteiger partial charge on any atom is -0.465 e. The molecule has 0 aliphatic heterocycles. The molecule has 0 heterocycles. The lowest BCUT2D eigenvalue weighted by molar-refractivity contribution is -0.150. The number of esters is 2. The van der Waals surface area contributed by atoms with Crippen LogP contribution >= 0.6 is 0 Å². The van der Waals surface area contributed by atoms with Gasteiger partial charge in [-0.25, -0.2) is 0 Å². The van der Waals surface area contributed by atoms with Crippen molar-refractivity contribution in [3.05, 3.63) is 12.3 Å². The molecule has 308 valence electrons. The van der Waals surface area contributed by atoms with Gasteiger partial charge in [0.25, 0.3) is 0 Å². The Morgan fingerprint density at radius 2 is 0.827 bits per heavy atom. The first-order valence-corrected chi connectivity index (χ1v) is 22.9. The number of nitrogens with one attached hydrogen (secondary N) is 1. The van der Waals surface area contributed by atoms with Crippen molar-refractivity contribution in [1.29, 1.82) is 0 Å². The van der Waals surface area contributed by atoms with Crippen LogP contribution in [0.3, 0.4) is 0 Å². The Labute approximate surface area is 324 Å². The first-order valence-electron chi connectivity index (χ1n) is 22.9. The highest BCUT2D eigenvalue weighted by molar-refractivity contribution is 5.72. The summed E-state index contributed by atoms with van der Waals surface area (Å²) in [5.41, 5.74) is 0. The maximum Gasteiger partial charge on any atom is 0.308 e. The zero-order valence-electron chi connectivity index (χ0n) is 35.6. The van der Waals surface area contributed by atoms with Crippen molar-refractivity contribution in [3.8, 4) is 0 Å². The predicted octanol–water partition coefficient (Wildman–Crippen LogP) is 13.1. The molecule has 0 aromatic heterocycles. The Kier molecular flexibility index (Phi) is 39.4. The summed E-state index contributed by atoms with van der Waals surface area (Å²) in [7, 11) is 0. The van der Waals surface area contributed by atoms with Gasteiger partial charge in [-0.1, -0.05) is 162 Å². The molecule has 0 saturated carbocycles. The van der Waals surface area contributed by atoms with E-state index < -0.39 is 0 Å². The molecule has 0 fully saturated rings. The van der Waals surface area contributed by atoms with Crippen LogP contribution in [0, 0.1) is 11.8 Å². The quantitative estimate of drug-likeness (QED) is 0.0498. The van der Waals surface area contributed by atoms with Crippen LogP contribution < -0.4 is 5.32 Å². The van der Waals surface area contributed by atoms with Crippen LogP contribution in [0.5, 0.6) is 0 Å². The van der Waals surface area contributed by atoms with Gasteiger partial charge in [0.1, 0.15) is 0 Å². The number of unbranched alkanes of at least 4 members (excludes halogenated alkanes) is 18. The lowest BCUT2D eigenvalue weighted by atomic mass is 9.94. The molecule has 0 aromatic carbocycles. The molecule has 6 heteroatoms. The number of carbonyl (C=O) groups is 2. The number of hydrogen-bond donors (Lipinski definition) is 1.